The maximum Gasteiger partial charge on any atom is 0.327 e. The van der Waals surface area contributed by atoms with Gasteiger partial charge in [0.25, 0.3) is 0 Å². The first kappa shape index (κ1) is 64.6. The molecule has 4 atom stereocenters. The Morgan fingerprint density at radius 3 is 2.07 bits per heavy atom. The second-order valence-electron chi connectivity index (χ2n) is 18.3. The van der Waals surface area contributed by atoms with Crippen molar-refractivity contribution in [3.63, 3.8) is 0 Å². The van der Waals surface area contributed by atoms with E-state index in [1.807, 2.05) is 55.7 Å². The summed E-state index contributed by atoms with van der Waals surface area (Å²) >= 11 is 2.01. The number of nitrogens with two attached hydrogens (primary N) is 2. The third kappa shape index (κ3) is 24.5. The fraction of sp³-hybridized carbons (Fsp3) is 0.549. The van der Waals surface area contributed by atoms with E-state index in [4.69, 9.17) is 40.6 Å². The summed E-state index contributed by atoms with van der Waals surface area (Å²) in [6, 6.07) is 11.6. The Labute approximate surface area is 449 Å². The zero-order valence-electron chi connectivity index (χ0n) is 43.2. The van der Waals surface area contributed by atoms with E-state index < -0.39 is 89.0 Å². The standard InChI is InChI=1S/C51H73F2N7O14S2/c1-51(2,3)47(41-26-35(37-27-36(52)10-11-38(37)53)31-59(41)30-34-8-5-4-6-9-34)60(16-7-14-54)45(63)33-75-32-40(50(69)70)58-43(61)12-17-71-19-21-73-23-24-74-22-20-72-18-15-56-44(62)29-57-48(66)42(28-46(64)65)76-25-13-39(55)49(67)68/h4-6,8-11,26-27,31,39-40,42,47H,7,12-25,28-30,32-33,54-55H2,1-3H3,(H,56,62)(H,57,66)(H,58,61)(H,64,65)(H,67,68)(H,69,70)/t39-,40-,42?,47-/m0/s1. The number of rotatable bonds is 39. The van der Waals surface area contributed by atoms with Crippen LogP contribution < -0.4 is 27.4 Å². The minimum atomic E-state index is -1.29. The van der Waals surface area contributed by atoms with Gasteiger partial charge in [-0.15, -0.1) is 23.5 Å². The number of carboxylic acid groups (broad SMARTS) is 3. The number of hydrogen-bond acceptors (Lipinski definition) is 15. The molecule has 0 aliphatic carbocycles. The topological polar surface area (TPSA) is 313 Å². The Bertz CT molecular complexity index is 2310. The van der Waals surface area contributed by atoms with Crippen LogP contribution in [-0.2, 0) is 59.1 Å². The fourth-order valence-electron chi connectivity index (χ4n) is 7.44. The highest BCUT2D eigenvalue weighted by Crippen LogP contribution is 2.41. The van der Waals surface area contributed by atoms with E-state index >= 15 is 4.39 Å². The van der Waals surface area contributed by atoms with Gasteiger partial charge >= 0.3 is 17.9 Å². The lowest BCUT2D eigenvalue weighted by molar-refractivity contribution is -0.141. The van der Waals surface area contributed by atoms with E-state index in [1.165, 1.54) is 0 Å². The molecule has 0 aliphatic rings. The zero-order valence-corrected chi connectivity index (χ0v) is 44.8. The maximum atomic E-state index is 15.2. The Kier molecular flexibility index (Phi) is 29.7. The molecule has 21 nitrogen and oxygen atoms in total. The lowest BCUT2D eigenvalue weighted by Gasteiger charge is -2.41. The van der Waals surface area contributed by atoms with Crippen LogP contribution >= 0.6 is 23.5 Å². The molecule has 25 heteroatoms. The Morgan fingerprint density at radius 2 is 1.46 bits per heavy atom. The molecular formula is C51H73F2N7O14S2. The fourth-order valence-corrected chi connectivity index (χ4v) is 9.53. The second kappa shape index (κ2) is 34.9. The third-order valence-corrected chi connectivity index (χ3v) is 13.4. The molecule has 0 fully saturated rings. The number of hydrogen-bond donors (Lipinski definition) is 8. The van der Waals surface area contributed by atoms with Crippen molar-refractivity contribution in [3.8, 4) is 11.1 Å². The minimum Gasteiger partial charge on any atom is -0.481 e. The molecule has 1 aromatic heterocycles. The number of amides is 4. The van der Waals surface area contributed by atoms with Crippen molar-refractivity contribution in [2.75, 3.05) is 96.3 Å². The molecule has 4 amide bonds. The summed E-state index contributed by atoms with van der Waals surface area (Å²) in [5.74, 6) is -7.02. The van der Waals surface area contributed by atoms with Crippen molar-refractivity contribution in [2.45, 2.75) is 76.4 Å². The first-order valence-corrected chi connectivity index (χ1v) is 26.9. The summed E-state index contributed by atoms with van der Waals surface area (Å²) in [6.45, 7) is 8.12. The van der Waals surface area contributed by atoms with Gasteiger partial charge in [-0.3, -0.25) is 28.8 Å². The van der Waals surface area contributed by atoms with Crippen LogP contribution in [0.3, 0.4) is 0 Å². The van der Waals surface area contributed by atoms with E-state index in [0.717, 1.165) is 47.3 Å². The van der Waals surface area contributed by atoms with Gasteiger partial charge in [-0.25, -0.2) is 13.6 Å². The molecule has 76 heavy (non-hydrogen) atoms. The highest BCUT2D eigenvalue weighted by atomic mass is 32.2. The number of aliphatic carboxylic acids is 3. The predicted octanol–water partition coefficient (Wildman–Crippen LogP) is 3.12. The maximum absolute atomic E-state index is 15.2. The number of thioether (sulfide) groups is 2. The molecule has 0 bridgehead atoms. The number of nitrogens with one attached hydrogen (secondary N) is 3. The number of carboxylic acids is 3. The highest BCUT2D eigenvalue weighted by Gasteiger charge is 2.37. The summed E-state index contributed by atoms with van der Waals surface area (Å²) in [5, 5.41) is 34.3. The van der Waals surface area contributed by atoms with Crippen LogP contribution in [0.4, 0.5) is 8.78 Å². The van der Waals surface area contributed by atoms with E-state index in [0.29, 0.717) is 30.8 Å². The SMILES string of the molecule is CC(C)(C)[C@H](c1cc(-c2cc(F)ccc2F)cn1Cc1ccccc1)N(CCCN)C(=O)CSC[C@H](NC(=O)CCOCCOCCOCCOCCNC(=O)CNC(=O)C(CC(=O)O)SCC[C@H](N)C(=O)O)C(=O)O. The van der Waals surface area contributed by atoms with Gasteiger partial charge in [-0.05, 0) is 60.4 Å². The molecule has 3 aromatic rings. The van der Waals surface area contributed by atoms with Crippen molar-refractivity contribution in [1.82, 2.24) is 25.4 Å². The Morgan fingerprint density at radius 1 is 0.816 bits per heavy atom. The van der Waals surface area contributed by atoms with Gasteiger partial charge in [-0.1, -0.05) is 51.1 Å². The quantitative estimate of drug-likeness (QED) is 0.0381. The lowest BCUT2D eigenvalue weighted by atomic mass is 9.83. The lowest BCUT2D eigenvalue weighted by Crippen LogP contribution is -2.45. The molecule has 10 N–H and O–H groups in total. The molecule has 0 saturated heterocycles. The largest absolute Gasteiger partial charge is 0.481 e. The average Bonchev–Trinajstić information content (AvgIpc) is 3.77. The molecular weight excluding hydrogens is 1040 g/mol. The van der Waals surface area contributed by atoms with Crippen molar-refractivity contribution in [1.29, 1.82) is 0 Å². The van der Waals surface area contributed by atoms with Crippen LogP contribution in [0.1, 0.15) is 63.8 Å². The Balaban J connectivity index is 1.35. The van der Waals surface area contributed by atoms with E-state index in [2.05, 4.69) is 16.0 Å². The summed E-state index contributed by atoms with van der Waals surface area (Å²) in [4.78, 5) is 87.4. The van der Waals surface area contributed by atoms with Gasteiger partial charge < -0.3 is 71.2 Å². The first-order chi connectivity index (χ1) is 36.2. The first-order valence-electron chi connectivity index (χ1n) is 24.7. The molecule has 1 heterocycles. The van der Waals surface area contributed by atoms with E-state index in [9.17, 15) is 43.1 Å². The van der Waals surface area contributed by atoms with Gasteiger partial charge in [0, 0.05) is 54.8 Å². The monoisotopic (exact) mass is 1110 g/mol. The molecule has 0 radical (unpaired) electrons. The van der Waals surface area contributed by atoms with Gasteiger partial charge in [0.2, 0.25) is 23.6 Å². The van der Waals surface area contributed by atoms with Crippen molar-refractivity contribution >= 4 is 65.1 Å². The number of ether oxygens (including phenoxy) is 4. The molecule has 2 aromatic carbocycles. The van der Waals surface area contributed by atoms with Gasteiger partial charge in [0.05, 0.1) is 82.9 Å². The molecule has 422 valence electrons. The molecule has 0 saturated carbocycles. The summed E-state index contributed by atoms with van der Waals surface area (Å²) in [5.41, 5.74) is 13.0. The normalized spacial score (nSPS) is 13.0. The van der Waals surface area contributed by atoms with Gasteiger partial charge in [0.15, 0.2) is 0 Å². The average molecular weight is 1110 g/mol. The number of benzene rings is 2. The van der Waals surface area contributed by atoms with E-state index in [1.54, 1.807) is 17.2 Å². The molecule has 0 spiro atoms. The Hall–Kier alpha value is -5.67. The second-order valence-corrected chi connectivity index (χ2v) is 20.7. The van der Waals surface area contributed by atoms with Crippen LogP contribution in [0.5, 0.6) is 0 Å². The number of carbonyl (C=O) groups is 7. The van der Waals surface area contributed by atoms with Crippen LogP contribution in [0, 0.1) is 17.0 Å². The highest BCUT2D eigenvalue weighted by molar-refractivity contribution is 8.00. The number of halogens is 2. The van der Waals surface area contributed by atoms with Crippen LogP contribution in [-0.4, -0.2) is 180 Å². The molecule has 0 aliphatic heterocycles. The minimum absolute atomic E-state index is 0.000107. The summed E-state index contributed by atoms with van der Waals surface area (Å²) < 4.78 is 53.3. The van der Waals surface area contributed by atoms with Gasteiger partial charge in [-0.2, -0.15) is 0 Å². The summed E-state index contributed by atoms with van der Waals surface area (Å²) in [6.07, 6.45) is 1.62. The number of carbonyl (C=O) groups excluding carboxylic acids is 4. The van der Waals surface area contributed by atoms with Crippen molar-refractivity contribution in [2.24, 2.45) is 16.9 Å². The van der Waals surface area contributed by atoms with Crippen LogP contribution in [0.15, 0.2) is 60.8 Å². The van der Waals surface area contributed by atoms with Crippen molar-refractivity contribution in [3.05, 3.63) is 83.7 Å². The zero-order chi connectivity index (χ0) is 56.0. The number of aromatic nitrogens is 1. The summed E-state index contributed by atoms with van der Waals surface area (Å²) in [7, 11) is 0. The smallest absolute Gasteiger partial charge is 0.327 e. The third-order valence-electron chi connectivity index (χ3n) is 11.1. The molecule has 3 rings (SSSR count). The van der Waals surface area contributed by atoms with Crippen LogP contribution in [0.2, 0.25) is 0 Å². The predicted molar refractivity (Wildman–Crippen MR) is 282 cm³/mol. The molecule has 1 unspecified atom stereocenters. The van der Waals surface area contributed by atoms with E-state index in [-0.39, 0.29) is 108 Å². The van der Waals surface area contributed by atoms with Crippen molar-refractivity contribution < 1.29 is 76.6 Å². The number of nitrogens with zero attached hydrogens (tertiary/aromatic N) is 2. The van der Waals surface area contributed by atoms with Gasteiger partial charge in [0.1, 0.15) is 23.7 Å². The van der Waals surface area contributed by atoms with Crippen LogP contribution in [0.25, 0.3) is 11.1 Å².